The second-order valence-electron chi connectivity index (χ2n) is 4.61. The van der Waals surface area contributed by atoms with E-state index in [1.807, 2.05) is 42.6 Å². The maximum atomic E-state index is 12.1. The Morgan fingerprint density at radius 2 is 2.09 bits per heavy atom. The highest BCUT2D eigenvalue weighted by molar-refractivity contribution is 8.00. The number of anilines is 1. The molecule has 0 spiro atoms. The van der Waals surface area contributed by atoms with Crippen LogP contribution in [0.5, 0.6) is 5.75 Å². The second-order valence-corrected chi connectivity index (χ2v) is 6.47. The average molecular weight is 345 g/mol. The van der Waals surface area contributed by atoms with Gasteiger partial charge in [0.25, 0.3) is 0 Å². The summed E-state index contributed by atoms with van der Waals surface area (Å²) in [5, 5.41) is 6.67. The Bertz CT molecular complexity index is 802. The van der Waals surface area contributed by atoms with E-state index in [4.69, 9.17) is 4.74 Å². The molecule has 1 aromatic carbocycles. The number of amides is 1. The van der Waals surface area contributed by atoms with E-state index in [-0.39, 0.29) is 5.91 Å². The van der Waals surface area contributed by atoms with Gasteiger partial charge in [-0.05, 0) is 42.6 Å². The van der Waals surface area contributed by atoms with Gasteiger partial charge in [0.15, 0.2) is 0 Å². The Balaban J connectivity index is 1.58. The van der Waals surface area contributed by atoms with E-state index in [0.717, 1.165) is 26.7 Å². The number of carbonyl (C=O) groups excluding carboxylic acids is 1. The lowest BCUT2D eigenvalue weighted by atomic mass is 10.3. The number of ether oxygens (including phenoxy) is 1. The van der Waals surface area contributed by atoms with E-state index in [2.05, 4.69) is 15.3 Å². The standard InChI is InChI=1S/C16H15N3O2S2/c1-2-21-12-5-3-11(4-6-12)19-14(20)9-23-16-13-7-8-22-15(13)17-10-18-16/h3-8,10H,2,9H2,1H3,(H,19,20). The van der Waals surface area contributed by atoms with Crippen LogP contribution in [-0.2, 0) is 4.79 Å². The van der Waals surface area contributed by atoms with Crippen LogP contribution >= 0.6 is 23.1 Å². The fourth-order valence-electron chi connectivity index (χ4n) is 2.01. The first-order valence-corrected chi connectivity index (χ1v) is 8.96. The molecular formula is C16H15N3O2S2. The first kappa shape index (κ1) is 15.8. The summed E-state index contributed by atoms with van der Waals surface area (Å²) < 4.78 is 5.37. The van der Waals surface area contributed by atoms with E-state index in [9.17, 15) is 4.79 Å². The van der Waals surface area contributed by atoms with Gasteiger partial charge >= 0.3 is 0 Å². The molecule has 3 aromatic rings. The summed E-state index contributed by atoms with van der Waals surface area (Å²) in [6.45, 7) is 2.56. The molecule has 2 heterocycles. The molecule has 0 unspecified atom stereocenters. The molecule has 2 aromatic heterocycles. The molecule has 0 atom stereocenters. The molecule has 0 aliphatic heterocycles. The molecule has 23 heavy (non-hydrogen) atoms. The van der Waals surface area contributed by atoms with Crippen molar-refractivity contribution < 1.29 is 9.53 Å². The Morgan fingerprint density at radius 1 is 1.26 bits per heavy atom. The SMILES string of the molecule is CCOc1ccc(NC(=O)CSc2ncnc3sccc23)cc1. The quantitative estimate of drug-likeness (QED) is 0.543. The number of nitrogens with one attached hydrogen (secondary N) is 1. The van der Waals surface area contributed by atoms with Gasteiger partial charge in [-0.15, -0.1) is 11.3 Å². The lowest BCUT2D eigenvalue weighted by Gasteiger charge is -2.07. The summed E-state index contributed by atoms with van der Waals surface area (Å²) >= 11 is 2.98. The molecule has 0 saturated carbocycles. The molecule has 118 valence electrons. The third-order valence-electron chi connectivity index (χ3n) is 3.01. The summed E-state index contributed by atoms with van der Waals surface area (Å²) in [5.74, 6) is 1.02. The number of thiophene rings is 1. The van der Waals surface area contributed by atoms with Crippen LogP contribution in [-0.4, -0.2) is 28.2 Å². The zero-order valence-electron chi connectivity index (χ0n) is 12.5. The van der Waals surface area contributed by atoms with Gasteiger partial charge in [0, 0.05) is 11.1 Å². The van der Waals surface area contributed by atoms with Gasteiger partial charge in [0.2, 0.25) is 5.91 Å². The molecule has 0 bridgehead atoms. The molecule has 5 nitrogen and oxygen atoms in total. The van der Waals surface area contributed by atoms with Gasteiger partial charge in [-0.25, -0.2) is 9.97 Å². The summed E-state index contributed by atoms with van der Waals surface area (Å²) in [6.07, 6.45) is 1.53. The van der Waals surface area contributed by atoms with Gasteiger partial charge in [0.1, 0.15) is 21.9 Å². The van der Waals surface area contributed by atoms with E-state index >= 15 is 0 Å². The Labute approximate surface area is 142 Å². The molecule has 7 heteroatoms. The highest BCUT2D eigenvalue weighted by Crippen LogP contribution is 2.27. The normalized spacial score (nSPS) is 10.7. The van der Waals surface area contributed by atoms with Crippen LogP contribution < -0.4 is 10.1 Å². The summed E-state index contributed by atoms with van der Waals surface area (Å²) in [7, 11) is 0. The van der Waals surface area contributed by atoms with Crippen LogP contribution in [0, 0.1) is 0 Å². The van der Waals surface area contributed by atoms with Crippen molar-refractivity contribution in [2.75, 3.05) is 17.7 Å². The van der Waals surface area contributed by atoms with Crippen molar-refractivity contribution in [2.45, 2.75) is 11.9 Å². The van der Waals surface area contributed by atoms with Crippen LogP contribution in [0.1, 0.15) is 6.92 Å². The molecule has 0 radical (unpaired) electrons. The molecule has 0 saturated heterocycles. The lowest BCUT2D eigenvalue weighted by molar-refractivity contribution is -0.113. The number of fused-ring (bicyclic) bond motifs is 1. The smallest absolute Gasteiger partial charge is 0.234 e. The first-order chi connectivity index (χ1) is 11.3. The van der Waals surface area contributed by atoms with Gasteiger partial charge in [-0.2, -0.15) is 0 Å². The molecule has 1 amide bonds. The van der Waals surface area contributed by atoms with E-state index < -0.39 is 0 Å². The number of aromatic nitrogens is 2. The van der Waals surface area contributed by atoms with Crippen LogP contribution in [0.3, 0.4) is 0 Å². The van der Waals surface area contributed by atoms with Crippen molar-refractivity contribution in [2.24, 2.45) is 0 Å². The first-order valence-electron chi connectivity index (χ1n) is 7.10. The van der Waals surface area contributed by atoms with Crippen molar-refractivity contribution in [3.05, 3.63) is 42.0 Å². The van der Waals surface area contributed by atoms with Crippen molar-refractivity contribution in [3.8, 4) is 5.75 Å². The highest BCUT2D eigenvalue weighted by atomic mass is 32.2. The zero-order chi connectivity index (χ0) is 16.1. The monoisotopic (exact) mass is 345 g/mol. The molecule has 3 rings (SSSR count). The molecule has 0 aliphatic rings. The van der Waals surface area contributed by atoms with E-state index in [1.54, 1.807) is 11.3 Å². The van der Waals surface area contributed by atoms with Crippen molar-refractivity contribution in [1.82, 2.24) is 9.97 Å². The summed E-state index contributed by atoms with van der Waals surface area (Å²) in [4.78, 5) is 21.5. The van der Waals surface area contributed by atoms with Gasteiger partial charge in [0.05, 0.1) is 12.4 Å². The van der Waals surface area contributed by atoms with Crippen molar-refractivity contribution in [3.63, 3.8) is 0 Å². The lowest BCUT2D eigenvalue weighted by Crippen LogP contribution is -2.14. The maximum Gasteiger partial charge on any atom is 0.234 e. The predicted molar refractivity (Wildman–Crippen MR) is 94.4 cm³/mol. The van der Waals surface area contributed by atoms with E-state index in [0.29, 0.717) is 12.4 Å². The number of rotatable bonds is 6. The number of carbonyl (C=O) groups is 1. The minimum atomic E-state index is -0.0684. The third kappa shape index (κ3) is 4.00. The fraction of sp³-hybridized carbons (Fsp3) is 0.188. The zero-order valence-corrected chi connectivity index (χ0v) is 14.1. The minimum Gasteiger partial charge on any atom is -0.494 e. The fourth-order valence-corrected chi connectivity index (χ4v) is 3.59. The molecular weight excluding hydrogens is 330 g/mol. The molecule has 0 aliphatic carbocycles. The number of hydrogen-bond acceptors (Lipinski definition) is 6. The number of nitrogens with zero attached hydrogens (tertiary/aromatic N) is 2. The Morgan fingerprint density at radius 3 is 2.87 bits per heavy atom. The largest absolute Gasteiger partial charge is 0.494 e. The van der Waals surface area contributed by atoms with Crippen LogP contribution in [0.4, 0.5) is 5.69 Å². The van der Waals surface area contributed by atoms with Crippen molar-refractivity contribution >= 4 is 44.9 Å². The Kier molecular flexibility index (Phi) is 5.09. The molecule has 0 fully saturated rings. The van der Waals surface area contributed by atoms with Gasteiger partial charge < -0.3 is 10.1 Å². The van der Waals surface area contributed by atoms with Gasteiger partial charge in [-0.1, -0.05) is 11.8 Å². The van der Waals surface area contributed by atoms with Crippen LogP contribution in [0.15, 0.2) is 47.1 Å². The van der Waals surface area contributed by atoms with Crippen LogP contribution in [0.2, 0.25) is 0 Å². The highest BCUT2D eigenvalue weighted by Gasteiger charge is 2.09. The third-order valence-corrected chi connectivity index (χ3v) is 4.84. The average Bonchev–Trinajstić information content (AvgIpc) is 3.04. The van der Waals surface area contributed by atoms with E-state index in [1.165, 1.54) is 18.1 Å². The second kappa shape index (κ2) is 7.43. The predicted octanol–water partition coefficient (Wildman–Crippen LogP) is 3.82. The summed E-state index contributed by atoms with van der Waals surface area (Å²) in [5.41, 5.74) is 0.752. The minimum absolute atomic E-state index is 0.0684. The van der Waals surface area contributed by atoms with Crippen molar-refractivity contribution in [1.29, 1.82) is 0 Å². The number of benzene rings is 1. The van der Waals surface area contributed by atoms with Crippen LogP contribution in [0.25, 0.3) is 10.2 Å². The number of hydrogen-bond donors (Lipinski definition) is 1. The summed E-state index contributed by atoms with van der Waals surface area (Å²) in [6, 6.07) is 9.31. The van der Waals surface area contributed by atoms with Gasteiger partial charge in [-0.3, -0.25) is 4.79 Å². The topological polar surface area (TPSA) is 64.1 Å². The Hall–Kier alpha value is -2.12. The maximum absolute atomic E-state index is 12.1. The number of thioether (sulfide) groups is 1. The molecule has 1 N–H and O–H groups in total.